The first-order valence-electron chi connectivity index (χ1n) is 10.0. The van der Waals surface area contributed by atoms with Crippen LogP contribution in [0.4, 0.5) is 5.69 Å². The quantitative estimate of drug-likeness (QED) is 0.122. The Balaban J connectivity index is 1.76. The molecule has 2 aliphatic rings. The number of aliphatic hydroxyl groups excluding tert-OH is 6. The van der Waals surface area contributed by atoms with Crippen LogP contribution in [-0.2, 0) is 28.8 Å². The van der Waals surface area contributed by atoms with E-state index in [9.17, 15) is 39.1 Å². The van der Waals surface area contributed by atoms with Gasteiger partial charge in [0.25, 0.3) is 0 Å². The lowest BCUT2D eigenvalue weighted by Crippen LogP contribution is -2.65. The fraction of sp³-hybridized carbons (Fsp3) is 0.667. The second-order valence-electron chi connectivity index (χ2n) is 7.69. The Morgan fingerprint density at radius 3 is 1.97 bits per heavy atom. The van der Waals surface area contributed by atoms with Crippen LogP contribution in [0, 0.1) is 0 Å². The molecule has 15 nitrogen and oxygen atoms in total. The number of nitrogen functional groups attached to an aromatic ring is 1. The van der Waals surface area contributed by atoms with Crippen molar-refractivity contribution in [2.45, 2.75) is 61.4 Å². The van der Waals surface area contributed by atoms with Crippen molar-refractivity contribution in [2.24, 2.45) is 0 Å². The predicted octanol–water partition coefficient (Wildman–Crippen LogP) is -3.90. The summed E-state index contributed by atoms with van der Waals surface area (Å²) in [6.45, 7) is -1.62. The Hall–Kier alpha value is -1.67. The van der Waals surface area contributed by atoms with Gasteiger partial charge in [0, 0.05) is 5.69 Å². The van der Waals surface area contributed by atoms with Crippen molar-refractivity contribution in [3.05, 3.63) is 24.3 Å². The smallest absolute Gasteiger partial charge is 0.397 e. The van der Waals surface area contributed by atoms with Gasteiger partial charge in [-0.1, -0.05) is 0 Å². The molecule has 1 aromatic carbocycles. The van der Waals surface area contributed by atoms with Crippen LogP contribution in [0.5, 0.6) is 5.75 Å². The lowest BCUT2D eigenvalue weighted by Gasteiger charge is -2.46. The van der Waals surface area contributed by atoms with Crippen LogP contribution in [0.1, 0.15) is 0 Å². The van der Waals surface area contributed by atoms with Gasteiger partial charge in [0.2, 0.25) is 6.29 Å². The standard InChI is InChI=1S/C18H27NO14S/c19-7-1-3-8(4-2-7)29-17-13(24)12(23)15(10(6-21)31-17)32-18-14(25)16(33-34(26,27)28)11(22)9(5-20)30-18/h1-4,9-18,20-25H,5-6,19H2,(H,26,27,28). The van der Waals surface area contributed by atoms with E-state index in [-0.39, 0.29) is 5.75 Å². The number of ether oxygens (including phenoxy) is 4. The Labute approximate surface area is 193 Å². The number of nitrogens with two attached hydrogens (primary N) is 1. The molecule has 10 atom stereocenters. The molecule has 0 spiro atoms. The van der Waals surface area contributed by atoms with Crippen LogP contribution < -0.4 is 10.5 Å². The van der Waals surface area contributed by atoms with Gasteiger partial charge in [0.15, 0.2) is 6.29 Å². The number of hydrogen-bond donors (Lipinski definition) is 8. The third kappa shape index (κ3) is 6.11. The van der Waals surface area contributed by atoms with E-state index in [0.29, 0.717) is 5.69 Å². The molecule has 16 heteroatoms. The van der Waals surface area contributed by atoms with Crippen molar-refractivity contribution in [1.29, 1.82) is 0 Å². The van der Waals surface area contributed by atoms with E-state index in [1.807, 2.05) is 0 Å². The molecule has 3 rings (SSSR count). The summed E-state index contributed by atoms with van der Waals surface area (Å²) >= 11 is 0. The monoisotopic (exact) mass is 513 g/mol. The van der Waals surface area contributed by atoms with E-state index in [2.05, 4.69) is 4.18 Å². The normalized spacial score (nSPS) is 39.0. The summed E-state index contributed by atoms with van der Waals surface area (Å²) in [4.78, 5) is 0. The van der Waals surface area contributed by atoms with E-state index in [4.69, 9.17) is 29.2 Å². The van der Waals surface area contributed by atoms with Gasteiger partial charge in [-0.25, -0.2) is 4.18 Å². The number of hydrogen-bond acceptors (Lipinski definition) is 14. The lowest BCUT2D eigenvalue weighted by atomic mass is 9.97. The average molecular weight is 513 g/mol. The summed E-state index contributed by atoms with van der Waals surface area (Å²) in [6.07, 6.45) is -17.2. The molecule has 194 valence electrons. The fourth-order valence-electron chi connectivity index (χ4n) is 3.57. The zero-order valence-corrected chi connectivity index (χ0v) is 18.3. The molecule has 9 N–H and O–H groups in total. The molecule has 0 radical (unpaired) electrons. The first-order chi connectivity index (χ1) is 15.9. The number of aliphatic hydroxyl groups is 6. The summed E-state index contributed by atoms with van der Waals surface area (Å²) in [5, 5.41) is 60.7. The van der Waals surface area contributed by atoms with Gasteiger partial charge in [0.05, 0.1) is 13.2 Å². The van der Waals surface area contributed by atoms with Crippen molar-refractivity contribution in [1.82, 2.24) is 0 Å². The zero-order chi connectivity index (χ0) is 25.2. The van der Waals surface area contributed by atoms with Gasteiger partial charge in [-0.05, 0) is 24.3 Å². The SMILES string of the molecule is Nc1ccc(OC2OC(CO)C(OC3OC(CO)C(O)C(OS(=O)(=O)O)C3O)C(O)C2O)cc1. The van der Waals surface area contributed by atoms with Crippen molar-refractivity contribution in [3.63, 3.8) is 0 Å². The summed E-state index contributed by atoms with van der Waals surface area (Å²) in [5.74, 6) is 0.234. The Morgan fingerprint density at radius 2 is 1.41 bits per heavy atom. The second kappa shape index (κ2) is 10.9. The van der Waals surface area contributed by atoms with E-state index in [0.717, 1.165) is 0 Å². The molecule has 0 bridgehead atoms. The topological polar surface area (TPSA) is 248 Å². The van der Waals surface area contributed by atoms with Gasteiger partial charge in [-0.15, -0.1) is 0 Å². The summed E-state index contributed by atoms with van der Waals surface area (Å²) < 4.78 is 57.1. The Morgan fingerprint density at radius 1 is 0.824 bits per heavy atom. The third-order valence-corrected chi connectivity index (χ3v) is 5.76. The molecule has 2 aliphatic heterocycles. The van der Waals surface area contributed by atoms with Crippen LogP contribution in [-0.4, -0.2) is 118 Å². The molecular formula is C18H27NO14S. The molecular weight excluding hydrogens is 486 g/mol. The number of benzene rings is 1. The van der Waals surface area contributed by atoms with Crippen molar-refractivity contribution >= 4 is 16.1 Å². The van der Waals surface area contributed by atoms with E-state index >= 15 is 0 Å². The van der Waals surface area contributed by atoms with Crippen molar-refractivity contribution in [3.8, 4) is 5.75 Å². The molecule has 0 saturated carbocycles. The molecule has 0 aromatic heterocycles. The zero-order valence-electron chi connectivity index (χ0n) is 17.5. The Bertz CT molecular complexity index is 898. The van der Waals surface area contributed by atoms with Crippen molar-refractivity contribution in [2.75, 3.05) is 18.9 Å². The molecule has 2 fully saturated rings. The molecule has 34 heavy (non-hydrogen) atoms. The highest BCUT2D eigenvalue weighted by Crippen LogP contribution is 2.31. The maximum atomic E-state index is 11.1. The highest BCUT2D eigenvalue weighted by molar-refractivity contribution is 7.80. The van der Waals surface area contributed by atoms with Crippen LogP contribution in [0.3, 0.4) is 0 Å². The first-order valence-corrected chi connectivity index (χ1v) is 11.4. The van der Waals surface area contributed by atoms with Gasteiger partial charge >= 0.3 is 10.4 Å². The largest absolute Gasteiger partial charge is 0.462 e. The van der Waals surface area contributed by atoms with Crippen LogP contribution >= 0.6 is 0 Å². The number of rotatable bonds is 8. The predicted molar refractivity (Wildman–Crippen MR) is 108 cm³/mol. The summed E-state index contributed by atoms with van der Waals surface area (Å²) in [6, 6.07) is 6.01. The van der Waals surface area contributed by atoms with Crippen molar-refractivity contribution < 1.29 is 66.7 Å². The maximum Gasteiger partial charge on any atom is 0.397 e. The highest BCUT2D eigenvalue weighted by atomic mass is 32.3. The first kappa shape index (κ1) is 26.9. The minimum atomic E-state index is -5.14. The summed E-state index contributed by atoms with van der Waals surface area (Å²) in [5.41, 5.74) is 6.05. The fourth-order valence-corrected chi connectivity index (χ4v) is 4.08. The second-order valence-corrected chi connectivity index (χ2v) is 8.74. The molecule has 2 heterocycles. The van der Waals surface area contributed by atoms with Crippen LogP contribution in [0.15, 0.2) is 24.3 Å². The molecule has 10 unspecified atom stereocenters. The average Bonchev–Trinajstić information content (AvgIpc) is 2.78. The van der Waals surface area contributed by atoms with Crippen LogP contribution in [0.2, 0.25) is 0 Å². The van der Waals surface area contributed by atoms with Gasteiger partial charge in [0.1, 0.15) is 54.6 Å². The van der Waals surface area contributed by atoms with Gasteiger partial charge in [-0.3, -0.25) is 4.55 Å². The molecule has 0 aliphatic carbocycles. The molecule has 2 saturated heterocycles. The van der Waals surface area contributed by atoms with Gasteiger partial charge < -0.3 is 55.3 Å². The van der Waals surface area contributed by atoms with Crippen LogP contribution in [0.25, 0.3) is 0 Å². The lowest BCUT2D eigenvalue weighted by molar-refractivity contribution is -0.350. The van der Waals surface area contributed by atoms with E-state index in [1.165, 1.54) is 24.3 Å². The van der Waals surface area contributed by atoms with Gasteiger partial charge in [-0.2, -0.15) is 8.42 Å². The molecule has 0 amide bonds. The Kier molecular flexibility index (Phi) is 8.66. The van der Waals surface area contributed by atoms with E-state index in [1.54, 1.807) is 0 Å². The maximum absolute atomic E-state index is 11.1. The minimum absolute atomic E-state index is 0.234. The summed E-state index contributed by atoms with van der Waals surface area (Å²) in [7, 11) is -5.14. The minimum Gasteiger partial charge on any atom is -0.462 e. The molecule has 1 aromatic rings. The number of anilines is 1. The van der Waals surface area contributed by atoms with E-state index < -0.39 is 85.0 Å². The highest BCUT2D eigenvalue weighted by Gasteiger charge is 2.52. The third-order valence-electron chi connectivity index (χ3n) is 5.30.